The first-order valence-corrected chi connectivity index (χ1v) is 4.62. The van der Waals surface area contributed by atoms with E-state index in [-0.39, 0.29) is 17.9 Å². The van der Waals surface area contributed by atoms with Gasteiger partial charge in [0.1, 0.15) is 6.04 Å². The second-order valence-corrected chi connectivity index (χ2v) is 3.28. The van der Waals surface area contributed by atoms with Gasteiger partial charge in [-0.05, 0) is 24.1 Å². The monoisotopic (exact) mass is 227 g/mol. The third kappa shape index (κ3) is 3.11. The highest BCUT2D eigenvalue weighted by atomic mass is 16.4. The molecule has 0 aliphatic rings. The molecule has 0 bridgehead atoms. The summed E-state index contributed by atoms with van der Waals surface area (Å²) in [5, 5.41) is 38.1. The summed E-state index contributed by atoms with van der Waals surface area (Å²) in [4.78, 5) is 10.8. The van der Waals surface area contributed by atoms with E-state index in [1.54, 1.807) is 0 Å². The number of rotatable bonds is 5. The van der Waals surface area contributed by atoms with Crippen LogP contribution in [0.25, 0.3) is 0 Å². The van der Waals surface area contributed by atoms with Gasteiger partial charge in [-0.2, -0.15) is 0 Å². The molecule has 1 aromatic carbocycles. The molecule has 5 N–H and O–H groups in total. The number of aliphatic hydroxyl groups is 1. The molecular weight excluding hydrogens is 214 g/mol. The van der Waals surface area contributed by atoms with Crippen molar-refractivity contribution in [3.05, 3.63) is 23.8 Å². The largest absolute Gasteiger partial charge is 0.504 e. The number of aliphatic carboxylic acids is 1. The number of aliphatic hydroxyl groups excluding tert-OH is 1. The van der Waals surface area contributed by atoms with E-state index in [4.69, 9.17) is 15.3 Å². The summed E-state index contributed by atoms with van der Waals surface area (Å²) in [6, 6.07) is 3.13. The van der Waals surface area contributed by atoms with Gasteiger partial charge < -0.3 is 20.4 Å². The van der Waals surface area contributed by atoms with Gasteiger partial charge in [-0.1, -0.05) is 6.07 Å². The minimum absolute atomic E-state index is 0.101. The average Bonchev–Trinajstić information content (AvgIpc) is 2.22. The molecule has 1 atom stereocenters. The standard InChI is InChI=1S/C10H13NO5/c12-5-11-7(10(15)16)3-6-1-2-8(13)9(14)4-6/h1-2,4,7,11-14H,3,5H2,(H,15,16). The topological polar surface area (TPSA) is 110 Å². The highest BCUT2D eigenvalue weighted by Crippen LogP contribution is 2.25. The van der Waals surface area contributed by atoms with E-state index in [9.17, 15) is 9.90 Å². The summed E-state index contributed by atoms with van der Waals surface area (Å²) < 4.78 is 0. The van der Waals surface area contributed by atoms with Crippen LogP contribution in [-0.2, 0) is 11.2 Å². The maximum absolute atomic E-state index is 10.8. The molecule has 0 amide bonds. The van der Waals surface area contributed by atoms with E-state index >= 15 is 0 Å². The van der Waals surface area contributed by atoms with Gasteiger partial charge in [0.05, 0.1) is 6.73 Å². The Morgan fingerprint density at radius 2 is 2.00 bits per heavy atom. The molecule has 0 heterocycles. The van der Waals surface area contributed by atoms with Crippen molar-refractivity contribution in [2.45, 2.75) is 12.5 Å². The van der Waals surface area contributed by atoms with Crippen molar-refractivity contribution in [3.8, 4) is 11.5 Å². The lowest BCUT2D eigenvalue weighted by Gasteiger charge is -2.12. The third-order valence-electron chi connectivity index (χ3n) is 2.12. The molecule has 0 aromatic heterocycles. The molecule has 6 heteroatoms. The first kappa shape index (κ1) is 12.3. The summed E-state index contributed by atoms with van der Waals surface area (Å²) in [5.41, 5.74) is 0.545. The number of benzene rings is 1. The predicted molar refractivity (Wildman–Crippen MR) is 55.1 cm³/mol. The number of hydrogen-bond acceptors (Lipinski definition) is 5. The zero-order chi connectivity index (χ0) is 12.1. The van der Waals surface area contributed by atoms with Gasteiger partial charge in [-0.3, -0.25) is 10.1 Å². The number of aromatic hydroxyl groups is 2. The Morgan fingerprint density at radius 3 is 2.50 bits per heavy atom. The van der Waals surface area contributed by atoms with Crippen molar-refractivity contribution in [1.82, 2.24) is 5.32 Å². The summed E-state index contributed by atoms with van der Waals surface area (Å²) >= 11 is 0. The Hall–Kier alpha value is -1.79. The van der Waals surface area contributed by atoms with Crippen molar-refractivity contribution in [2.75, 3.05) is 6.73 Å². The summed E-state index contributed by atoms with van der Waals surface area (Å²) in [6.07, 6.45) is 0.101. The number of hydrogen-bond donors (Lipinski definition) is 5. The van der Waals surface area contributed by atoms with Crippen LogP contribution in [-0.4, -0.2) is 39.2 Å². The molecule has 0 spiro atoms. The van der Waals surface area contributed by atoms with Gasteiger partial charge in [-0.15, -0.1) is 0 Å². The first-order chi connectivity index (χ1) is 7.54. The van der Waals surface area contributed by atoms with E-state index < -0.39 is 18.7 Å². The van der Waals surface area contributed by atoms with Crippen LogP contribution in [0.15, 0.2) is 18.2 Å². The summed E-state index contributed by atoms with van der Waals surface area (Å²) in [6.45, 7) is -0.443. The van der Waals surface area contributed by atoms with Crippen LogP contribution in [0.4, 0.5) is 0 Å². The highest BCUT2D eigenvalue weighted by Gasteiger charge is 2.17. The Bertz CT molecular complexity index is 379. The number of nitrogens with one attached hydrogen (secondary N) is 1. The van der Waals surface area contributed by atoms with E-state index in [1.807, 2.05) is 0 Å². The molecular formula is C10H13NO5. The Balaban J connectivity index is 2.77. The van der Waals surface area contributed by atoms with Crippen LogP contribution in [0.5, 0.6) is 11.5 Å². The van der Waals surface area contributed by atoms with Crippen LogP contribution in [0.2, 0.25) is 0 Å². The highest BCUT2D eigenvalue weighted by molar-refractivity contribution is 5.73. The quantitative estimate of drug-likeness (QED) is 0.347. The summed E-state index contributed by atoms with van der Waals surface area (Å²) in [5.74, 6) is -1.65. The molecule has 6 nitrogen and oxygen atoms in total. The molecule has 1 aromatic rings. The van der Waals surface area contributed by atoms with E-state index in [0.29, 0.717) is 5.56 Å². The van der Waals surface area contributed by atoms with Gasteiger partial charge in [0.15, 0.2) is 11.5 Å². The maximum Gasteiger partial charge on any atom is 0.321 e. The van der Waals surface area contributed by atoms with Crippen LogP contribution >= 0.6 is 0 Å². The summed E-state index contributed by atoms with van der Waals surface area (Å²) in [7, 11) is 0. The average molecular weight is 227 g/mol. The lowest BCUT2D eigenvalue weighted by atomic mass is 10.1. The predicted octanol–water partition coefficient (Wildman–Crippen LogP) is -0.367. The normalized spacial score (nSPS) is 12.3. The molecule has 1 unspecified atom stereocenters. The molecule has 1 rings (SSSR count). The number of carboxylic acids is 1. The van der Waals surface area contributed by atoms with Crippen molar-refractivity contribution in [2.24, 2.45) is 0 Å². The zero-order valence-corrected chi connectivity index (χ0v) is 8.42. The van der Waals surface area contributed by atoms with Crippen molar-refractivity contribution >= 4 is 5.97 Å². The zero-order valence-electron chi connectivity index (χ0n) is 8.42. The minimum atomic E-state index is -1.10. The van der Waals surface area contributed by atoms with Crippen LogP contribution < -0.4 is 5.32 Å². The second-order valence-electron chi connectivity index (χ2n) is 3.28. The molecule has 0 aliphatic carbocycles. The molecule has 0 aliphatic heterocycles. The lowest BCUT2D eigenvalue weighted by Crippen LogP contribution is -2.38. The van der Waals surface area contributed by atoms with Crippen molar-refractivity contribution in [1.29, 1.82) is 0 Å². The fourth-order valence-corrected chi connectivity index (χ4v) is 1.29. The number of phenols is 2. The SMILES string of the molecule is O=C(O)C(Cc1ccc(O)c(O)c1)NCO. The van der Waals surface area contributed by atoms with E-state index in [2.05, 4.69) is 5.32 Å². The van der Waals surface area contributed by atoms with Crippen LogP contribution in [0.3, 0.4) is 0 Å². The fourth-order valence-electron chi connectivity index (χ4n) is 1.29. The molecule has 88 valence electrons. The Labute approximate surface area is 91.8 Å². The Morgan fingerprint density at radius 1 is 1.31 bits per heavy atom. The van der Waals surface area contributed by atoms with E-state index in [1.165, 1.54) is 18.2 Å². The molecule has 0 saturated carbocycles. The molecule has 16 heavy (non-hydrogen) atoms. The van der Waals surface area contributed by atoms with Crippen LogP contribution in [0, 0.1) is 0 Å². The second kappa shape index (κ2) is 5.34. The fraction of sp³-hybridized carbons (Fsp3) is 0.300. The van der Waals surface area contributed by atoms with Gasteiger partial charge in [-0.25, -0.2) is 0 Å². The van der Waals surface area contributed by atoms with Crippen molar-refractivity contribution < 1.29 is 25.2 Å². The lowest BCUT2D eigenvalue weighted by molar-refractivity contribution is -0.139. The van der Waals surface area contributed by atoms with Gasteiger partial charge in [0.2, 0.25) is 0 Å². The smallest absolute Gasteiger partial charge is 0.321 e. The van der Waals surface area contributed by atoms with Gasteiger partial charge in [0, 0.05) is 0 Å². The van der Waals surface area contributed by atoms with Gasteiger partial charge in [0.25, 0.3) is 0 Å². The molecule has 0 radical (unpaired) electrons. The first-order valence-electron chi connectivity index (χ1n) is 4.62. The maximum atomic E-state index is 10.8. The van der Waals surface area contributed by atoms with E-state index in [0.717, 1.165) is 0 Å². The van der Waals surface area contributed by atoms with Crippen molar-refractivity contribution in [3.63, 3.8) is 0 Å². The minimum Gasteiger partial charge on any atom is -0.504 e. The number of phenolic OH excluding ortho intramolecular Hbond substituents is 2. The number of carbonyl (C=O) groups is 1. The van der Waals surface area contributed by atoms with Gasteiger partial charge >= 0.3 is 5.97 Å². The molecule has 0 saturated heterocycles. The van der Waals surface area contributed by atoms with Crippen LogP contribution in [0.1, 0.15) is 5.56 Å². The third-order valence-corrected chi connectivity index (χ3v) is 2.12. The molecule has 0 fully saturated rings. The Kier molecular flexibility index (Phi) is 4.10. The number of carboxylic acid groups (broad SMARTS) is 1.